The first-order chi connectivity index (χ1) is 9.64. The Morgan fingerprint density at radius 2 is 2.00 bits per heavy atom. The predicted octanol–water partition coefficient (Wildman–Crippen LogP) is 1.42. The van der Waals surface area contributed by atoms with E-state index in [0.717, 1.165) is 31.3 Å². The van der Waals surface area contributed by atoms with Crippen LogP contribution in [0.1, 0.15) is 18.5 Å². The van der Waals surface area contributed by atoms with E-state index in [4.69, 9.17) is 4.52 Å². The number of nitrogens with zero attached hydrogens (tertiary/aromatic N) is 1. The highest BCUT2D eigenvalue weighted by Crippen LogP contribution is 2.19. The Labute approximate surface area is 129 Å². The van der Waals surface area contributed by atoms with Crippen molar-refractivity contribution in [3.05, 3.63) is 30.0 Å². The van der Waals surface area contributed by atoms with E-state index in [1.165, 1.54) is 0 Å². The molecular weight excluding hydrogens is 314 g/mol. The van der Waals surface area contributed by atoms with Gasteiger partial charge in [-0.2, -0.15) is 0 Å². The van der Waals surface area contributed by atoms with Gasteiger partial charge >= 0.3 is 0 Å². The first-order valence-corrected chi connectivity index (χ1v) is 8.33. The highest BCUT2D eigenvalue weighted by Gasteiger charge is 2.22. The van der Waals surface area contributed by atoms with Crippen LogP contribution < -0.4 is 10.0 Å². The molecule has 0 unspecified atom stereocenters. The van der Waals surface area contributed by atoms with E-state index in [1.807, 2.05) is 18.2 Å². The van der Waals surface area contributed by atoms with Crippen molar-refractivity contribution in [2.45, 2.75) is 24.6 Å². The van der Waals surface area contributed by atoms with E-state index in [9.17, 15) is 8.42 Å². The Morgan fingerprint density at radius 3 is 2.76 bits per heavy atom. The maximum absolute atomic E-state index is 12.2. The quantitative estimate of drug-likeness (QED) is 0.885. The number of piperidine rings is 1. The Hall–Kier alpha value is -1.15. The van der Waals surface area contributed by atoms with Gasteiger partial charge in [-0.25, -0.2) is 13.1 Å². The average Bonchev–Trinajstić information content (AvgIpc) is 2.82. The van der Waals surface area contributed by atoms with Gasteiger partial charge in [0.2, 0.25) is 10.0 Å². The van der Waals surface area contributed by atoms with Crippen LogP contribution in [0.3, 0.4) is 0 Å². The second-order valence-electron chi connectivity index (χ2n) is 5.03. The van der Waals surface area contributed by atoms with Crippen LogP contribution in [0.5, 0.6) is 0 Å². The summed E-state index contributed by atoms with van der Waals surface area (Å²) < 4.78 is 32.3. The molecule has 0 atom stereocenters. The molecule has 1 aromatic carbocycles. The molecule has 1 aromatic heterocycles. The summed E-state index contributed by atoms with van der Waals surface area (Å²) in [6.07, 6.45) is 1.64. The van der Waals surface area contributed by atoms with Crippen LogP contribution in [-0.4, -0.2) is 32.7 Å². The molecule has 2 aromatic rings. The molecule has 2 N–H and O–H groups in total. The van der Waals surface area contributed by atoms with Crippen LogP contribution in [0, 0.1) is 0 Å². The monoisotopic (exact) mass is 331 g/mol. The van der Waals surface area contributed by atoms with E-state index in [2.05, 4.69) is 15.2 Å². The van der Waals surface area contributed by atoms with E-state index in [-0.39, 0.29) is 24.2 Å². The Bertz CT molecular complexity index is 696. The van der Waals surface area contributed by atoms with Crippen LogP contribution in [0.15, 0.2) is 28.8 Å². The van der Waals surface area contributed by atoms with Gasteiger partial charge in [0, 0.05) is 11.4 Å². The SMILES string of the molecule is Cl.O=S(=O)(Cc1noc2ccccc12)NC1CCNCC1. The van der Waals surface area contributed by atoms with Crippen LogP contribution in [0.2, 0.25) is 0 Å². The molecule has 0 bridgehead atoms. The molecule has 2 heterocycles. The number of para-hydroxylation sites is 1. The van der Waals surface area contributed by atoms with Gasteiger partial charge in [0.05, 0.1) is 0 Å². The summed E-state index contributed by atoms with van der Waals surface area (Å²) in [5, 5.41) is 7.83. The summed E-state index contributed by atoms with van der Waals surface area (Å²) in [6, 6.07) is 7.29. The number of sulfonamides is 1. The number of rotatable bonds is 4. The van der Waals surface area contributed by atoms with E-state index in [0.29, 0.717) is 11.3 Å². The molecule has 3 rings (SSSR count). The van der Waals surface area contributed by atoms with Crippen molar-refractivity contribution in [1.29, 1.82) is 0 Å². The number of benzene rings is 1. The summed E-state index contributed by atoms with van der Waals surface area (Å²) >= 11 is 0. The second kappa shape index (κ2) is 6.74. The molecule has 0 aliphatic carbocycles. The maximum atomic E-state index is 12.2. The molecule has 0 spiro atoms. The molecule has 0 amide bonds. The largest absolute Gasteiger partial charge is 0.356 e. The summed E-state index contributed by atoms with van der Waals surface area (Å²) in [6.45, 7) is 1.69. The summed E-state index contributed by atoms with van der Waals surface area (Å²) in [5.41, 5.74) is 1.07. The summed E-state index contributed by atoms with van der Waals surface area (Å²) in [7, 11) is -3.40. The molecule has 0 radical (unpaired) electrons. The van der Waals surface area contributed by atoms with Crippen molar-refractivity contribution < 1.29 is 12.9 Å². The number of aromatic nitrogens is 1. The highest BCUT2D eigenvalue weighted by atomic mass is 35.5. The number of hydrogen-bond acceptors (Lipinski definition) is 5. The van der Waals surface area contributed by atoms with Gasteiger partial charge in [0.1, 0.15) is 11.4 Å². The number of halogens is 1. The van der Waals surface area contributed by atoms with Crippen molar-refractivity contribution in [3.63, 3.8) is 0 Å². The van der Waals surface area contributed by atoms with Crippen molar-refractivity contribution in [3.8, 4) is 0 Å². The van der Waals surface area contributed by atoms with Gasteiger partial charge in [0.15, 0.2) is 5.58 Å². The van der Waals surface area contributed by atoms with Crippen LogP contribution in [0.4, 0.5) is 0 Å². The Kier molecular flexibility index (Phi) is 5.21. The highest BCUT2D eigenvalue weighted by molar-refractivity contribution is 7.88. The van der Waals surface area contributed by atoms with Gasteiger partial charge < -0.3 is 9.84 Å². The summed E-state index contributed by atoms with van der Waals surface area (Å²) in [4.78, 5) is 0. The molecule has 1 aliphatic heterocycles. The second-order valence-corrected chi connectivity index (χ2v) is 6.78. The maximum Gasteiger partial charge on any atom is 0.217 e. The zero-order valence-electron chi connectivity index (χ0n) is 11.4. The van der Waals surface area contributed by atoms with Crippen molar-refractivity contribution in [2.24, 2.45) is 0 Å². The third kappa shape index (κ3) is 3.94. The van der Waals surface area contributed by atoms with Crippen molar-refractivity contribution in [2.75, 3.05) is 13.1 Å². The van der Waals surface area contributed by atoms with E-state index >= 15 is 0 Å². The van der Waals surface area contributed by atoms with Crippen molar-refractivity contribution >= 4 is 33.4 Å². The fraction of sp³-hybridized carbons (Fsp3) is 0.462. The molecule has 1 aliphatic rings. The zero-order valence-corrected chi connectivity index (χ0v) is 13.0. The third-order valence-electron chi connectivity index (χ3n) is 3.46. The minimum Gasteiger partial charge on any atom is -0.356 e. The molecule has 8 heteroatoms. The molecule has 0 saturated carbocycles. The van der Waals surface area contributed by atoms with Gasteiger partial charge in [-0.15, -0.1) is 12.4 Å². The van der Waals surface area contributed by atoms with E-state index < -0.39 is 10.0 Å². The number of hydrogen-bond donors (Lipinski definition) is 2. The smallest absolute Gasteiger partial charge is 0.217 e. The predicted molar refractivity (Wildman–Crippen MR) is 82.9 cm³/mol. The number of fused-ring (bicyclic) bond motifs is 1. The lowest BCUT2D eigenvalue weighted by atomic mass is 10.1. The fourth-order valence-corrected chi connectivity index (χ4v) is 3.85. The average molecular weight is 332 g/mol. The first-order valence-electron chi connectivity index (χ1n) is 6.68. The molecular formula is C13H18ClN3O3S. The van der Waals surface area contributed by atoms with Gasteiger partial charge in [-0.1, -0.05) is 17.3 Å². The van der Waals surface area contributed by atoms with Gasteiger partial charge in [-0.3, -0.25) is 0 Å². The lowest BCUT2D eigenvalue weighted by Gasteiger charge is -2.23. The first kappa shape index (κ1) is 16.2. The molecule has 6 nitrogen and oxygen atoms in total. The van der Waals surface area contributed by atoms with Gasteiger partial charge in [0.25, 0.3) is 0 Å². The molecule has 1 fully saturated rings. The minimum absolute atomic E-state index is 0. The Balaban J connectivity index is 0.00000161. The van der Waals surface area contributed by atoms with Crippen LogP contribution in [0.25, 0.3) is 11.0 Å². The molecule has 116 valence electrons. The number of nitrogens with one attached hydrogen (secondary N) is 2. The fourth-order valence-electron chi connectivity index (χ4n) is 2.46. The summed E-state index contributed by atoms with van der Waals surface area (Å²) in [5.74, 6) is -0.145. The normalized spacial score (nSPS) is 16.8. The third-order valence-corrected chi connectivity index (χ3v) is 4.81. The topological polar surface area (TPSA) is 84.2 Å². The van der Waals surface area contributed by atoms with Crippen LogP contribution >= 0.6 is 12.4 Å². The van der Waals surface area contributed by atoms with Crippen molar-refractivity contribution in [1.82, 2.24) is 15.2 Å². The lowest BCUT2D eigenvalue weighted by molar-refractivity contribution is 0.425. The zero-order chi connectivity index (χ0) is 14.0. The molecule has 1 saturated heterocycles. The molecule has 21 heavy (non-hydrogen) atoms. The standard InChI is InChI=1S/C13H17N3O3S.ClH/c17-20(18,16-10-5-7-14-8-6-10)9-12-11-3-1-2-4-13(11)19-15-12;/h1-4,10,14,16H,5-9H2;1H. The minimum atomic E-state index is -3.40. The van der Waals surface area contributed by atoms with E-state index in [1.54, 1.807) is 6.07 Å². The van der Waals surface area contributed by atoms with Gasteiger partial charge in [-0.05, 0) is 38.1 Å². The van der Waals surface area contributed by atoms with Crippen LogP contribution in [-0.2, 0) is 15.8 Å². The lowest BCUT2D eigenvalue weighted by Crippen LogP contribution is -2.43. The Morgan fingerprint density at radius 1 is 1.29 bits per heavy atom.